The quantitative estimate of drug-likeness (QED) is 0.269. The second-order valence-electron chi connectivity index (χ2n) is 9.32. The van der Waals surface area contributed by atoms with Gasteiger partial charge >= 0.3 is 0 Å². The Hall–Kier alpha value is -4.02. The topological polar surface area (TPSA) is 82.4 Å². The molecule has 4 rings (SSSR count). The molecule has 0 saturated carbocycles. The van der Waals surface area contributed by atoms with Gasteiger partial charge in [-0.25, -0.2) is 0 Å². The number of aryl methyl sites for hydroxylation is 3. The highest BCUT2D eigenvalue weighted by Gasteiger charge is 2.41. The third-order valence-electron chi connectivity index (χ3n) is 6.40. The Labute approximate surface area is 228 Å². The molecule has 3 aromatic carbocycles. The number of hydrogen-bond acceptors (Lipinski definition) is 5. The van der Waals surface area contributed by atoms with E-state index in [1.807, 2.05) is 82.3 Å². The number of rotatable bonds is 8. The third-order valence-corrected chi connectivity index (χ3v) is 7.67. The number of ether oxygens (including phenoxy) is 1. The normalized spacial score (nSPS) is 16.2. The summed E-state index contributed by atoms with van der Waals surface area (Å²) in [5.41, 5.74) is 5.20. The molecule has 2 amide bonds. The second kappa shape index (κ2) is 12.0. The largest absolute Gasteiger partial charge is 0.493 e. The summed E-state index contributed by atoms with van der Waals surface area (Å²) in [5, 5.41) is 12.7. The van der Waals surface area contributed by atoms with E-state index in [2.05, 4.69) is 11.4 Å². The van der Waals surface area contributed by atoms with Crippen LogP contribution in [0.4, 0.5) is 11.4 Å². The predicted octanol–water partition coefficient (Wildman–Crippen LogP) is 6.47. The van der Waals surface area contributed by atoms with Crippen LogP contribution in [0.25, 0.3) is 0 Å². The number of carbonyl (C=O) groups is 2. The number of thioether (sulfide) groups is 1. The molecule has 1 aliphatic heterocycles. The van der Waals surface area contributed by atoms with Gasteiger partial charge in [0.05, 0.1) is 11.9 Å². The molecule has 194 valence electrons. The standard InChI is InChI=1S/C31H31N3O3S/c1-5-16-37-27-9-7-6-8-23(27)18-28-30(36)34(25-15-12-21(3)22(4)17-25)31(38-28)26(19-32)29(35)33-24-13-10-20(2)11-14-24/h6-15,17,28H,5,16,18H2,1-4H3,(H,33,35)/b31-26-/t28-/m1/s1. The van der Waals surface area contributed by atoms with E-state index >= 15 is 0 Å². The molecule has 0 aliphatic carbocycles. The van der Waals surface area contributed by atoms with Crippen molar-refractivity contribution >= 4 is 35.0 Å². The minimum absolute atomic E-state index is 0.0971. The zero-order valence-electron chi connectivity index (χ0n) is 22.1. The van der Waals surface area contributed by atoms with Gasteiger partial charge < -0.3 is 10.1 Å². The smallest absolute Gasteiger partial charge is 0.269 e. The van der Waals surface area contributed by atoms with Crippen LogP contribution in [-0.2, 0) is 16.0 Å². The Morgan fingerprint density at radius 2 is 1.79 bits per heavy atom. The Morgan fingerprint density at radius 1 is 1.05 bits per heavy atom. The van der Waals surface area contributed by atoms with Gasteiger partial charge in [0.1, 0.15) is 22.4 Å². The SMILES string of the molecule is CCCOc1ccccc1C[C@H]1S/C(=C(/C#N)C(=O)Nc2ccc(C)cc2)N(c2ccc(C)c(C)c2)C1=O. The molecular formula is C31H31N3O3S. The first kappa shape index (κ1) is 27.0. The van der Waals surface area contributed by atoms with E-state index in [0.717, 1.165) is 34.4 Å². The van der Waals surface area contributed by atoms with Crippen LogP contribution in [0.3, 0.4) is 0 Å². The van der Waals surface area contributed by atoms with E-state index in [4.69, 9.17) is 4.74 Å². The Morgan fingerprint density at radius 3 is 2.47 bits per heavy atom. The van der Waals surface area contributed by atoms with Gasteiger partial charge in [-0.15, -0.1) is 0 Å². The van der Waals surface area contributed by atoms with Crippen LogP contribution in [-0.4, -0.2) is 23.7 Å². The number of nitriles is 1. The van der Waals surface area contributed by atoms with Crippen LogP contribution < -0.4 is 15.0 Å². The van der Waals surface area contributed by atoms with E-state index in [-0.39, 0.29) is 11.5 Å². The zero-order chi connectivity index (χ0) is 27.2. The molecule has 7 heteroatoms. The molecule has 1 fully saturated rings. The highest BCUT2D eigenvalue weighted by Crippen LogP contribution is 2.43. The molecule has 0 aromatic heterocycles. The summed E-state index contributed by atoms with van der Waals surface area (Å²) in [6.07, 6.45) is 1.28. The van der Waals surface area contributed by atoms with Crippen molar-refractivity contribution in [2.45, 2.75) is 45.8 Å². The molecule has 0 unspecified atom stereocenters. The van der Waals surface area contributed by atoms with Gasteiger partial charge in [-0.3, -0.25) is 14.5 Å². The number of nitrogens with zero attached hydrogens (tertiary/aromatic N) is 2. The lowest BCUT2D eigenvalue weighted by atomic mass is 10.1. The number of benzene rings is 3. The van der Waals surface area contributed by atoms with Crippen LogP contribution in [0.15, 0.2) is 77.3 Å². The van der Waals surface area contributed by atoms with Gasteiger partial charge in [0.15, 0.2) is 0 Å². The van der Waals surface area contributed by atoms with Crippen molar-refractivity contribution in [2.75, 3.05) is 16.8 Å². The molecule has 1 aliphatic rings. The first-order chi connectivity index (χ1) is 18.3. The highest BCUT2D eigenvalue weighted by molar-refractivity contribution is 8.05. The summed E-state index contributed by atoms with van der Waals surface area (Å²) in [4.78, 5) is 28.7. The molecule has 6 nitrogen and oxygen atoms in total. The Kier molecular flexibility index (Phi) is 8.55. The van der Waals surface area contributed by atoms with Crippen LogP contribution in [0, 0.1) is 32.1 Å². The maximum absolute atomic E-state index is 13.9. The second-order valence-corrected chi connectivity index (χ2v) is 10.5. The average Bonchev–Trinajstić information content (AvgIpc) is 3.22. The van der Waals surface area contributed by atoms with Crippen molar-refractivity contribution in [1.82, 2.24) is 0 Å². The van der Waals surface area contributed by atoms with E-state index in [1.54, 1.807) is 12.1 Å². The maximum Gasteiger partial charge on any atom is 0.269 e. The lowest BCUT2D eigenvalue weighted by Gasteiger charge is -2.20. The average molecular weight is 526 g/mol. The van der Waals surface area contributed by atoms with E-state index in [1.165, 1.54) is 16.7 Å². The van der Waals surface area contributed by atoms with Gasteiger partial charge in [-0.05, 0) is 80.6 Å². The molecule has 38 heavy (non-hydrogen) atoms. The highest BCUT2D eigenvalue weighted by atomic mass is 32.2. The van der Waals surface area contributed by atoms with Gasteiger partial charge in [0, 0.05) is 11.4 Å². The Bertz CT molecular complexity index is 1420. The molecular weight excluding hydrogens is 494 g/mol. The zero-order valence-corrected chi connectivity index (χ0v) is 22.9. The van der Waals surface area contributed by atoms with Crippen molar-refractivity contribution in [3.05, 3.63) is 99.6 Å². The molecule has 3 aromatic rings. The lowest BCUT2D eigenvalue weighted by molar-refractivity contribution is -0.117. The fraction of sp³-hybridized carbons (Fsp3) is 0.258. The van der Waals surface area contributed by atoms with Gasteiger partial charge in [0.2, 0.25) is 5.91 Å². The van der Waals surface area contributed by atoms with Crippen molar-refractivity contribution in [3.8, 4) is 11.8 Å². The fourth-order valence-electron chi connectivity index (χ4n) is 4.14. The molecule has 1 heterocycles. The van der Waals surface area contributed by atoms with Crippen molar-refractivity contribution in [3.63, 3.8) is 0 Å². The van der Waals surface area contributed by atoms with Crippen molar-refractivity contribution in [1.29, 1.82) is 5.26 Å². The first-order valence-corrected chi connectivity index (χ1v) is 13.5. The van der Waals surface area contributed by atoms with Gasteiger partial charge in [0.25, 0.3) is 5.91 Å². The van der Waals surface area contributed by atoms with E-state index in [0.29, 0.717) is 29.4 Å². The molecule has 0 bridgehead atoms. The summed E-state index contributed by atoms with van der Waals surface area (Å²) < 4.78 is 5.92. The van der Waals surface area contributed by atoms with Crippen LogP contribution in [0.5, 0.6) is 5.75 Å². The van der Waals surface area contributed by atoms with Gasteiger partial charge in [-0.2, -0.15) is 5.26 Å². The number of amides is 2. The summed E-state index contributed by atoms with van der Waals surface area (Å²) in [6, 6.07) is 22.8. The molecule has 1 saturated heterocycles. The Balaban J connectivity index is 1.73. The molecule has 1 N–H and O–H groups in total. The van der Waals surface area contributed by atoms with Crippen LogP contribution >= 0.6 is 11.8 Å². The number of hydrogen-bond donors (Lipinski definition) is 1. The number of para-hydroxylation sites is 1. The summed E-state index contributed by atoms with van der Waals surface area (Å²) in [5.74, 6) is 0.0257. The summed E-state index contributed by atoms with van der Waals surface area (Å²) >= 11 is 1.25. The van der Waals surface area contributed by atoms with Crippen LogP contribution in [0.1, 0.15) is 35.6 Å². The van der Waals surface area contributed by atoms with E-state index in [9.17, 15) is 14.9 Å². The predicted molar refractivity (Wildman–Crippen MR) is 153 cm³/mol. The lowest BCUT2D eigenvalue weighted by Crippen LogP contribution is -2.31. The first-order valence-electron chi connectivity index (χ1n) is 12.6. The number of anilines is 2. The maximum atomic E-state index is 13.9. The van der Waals surface area contributed by atoms with E-state index < -0.39 is 11.2 Å². The summed E-state index contributed by atoms with van der Waals surface area (Å²) in [6.45, 7) is 8.57. The molecule has 1 atom stereocenters. The van der Waals surface area contributed by atoms with Gasteiger partial charge in [-0.1, -0.05) is 60.6 Å². The minimum atomic E-state index is -0.548. The van der Waals surface area contributed by atoms with Crippen molar-refractivity contribution < 1.29 is 14.3 Å². The van der Waals surface area contributed by atoms with Crippen molar-refractivity contribution in [2.24, 2.45) is 0 Å². The molecule has 0 spiro atoms. The third kappa shape index (κ3) is 5.92. The summed E-state index contributed by atoms with van der Waals surface area (Å²) in [7, 11) is 0. The number of carbonyl (C=O) groups excluding carboxylic acids is 2. The fourth-order valence-corrected chi connectivity index (χ4v) is 5.44. The minimum Gasteiger partial charge on any atom is -0.493 e. The number of nitrogens with one attached hydrogen (secondary N) is 1. The van der Waals surface area contributed by atoms with Crippen LogP contribution in [0.2, 0.25) is 0 Å². The molecule has 0 radical (unpaired) electrons. The monoisotopic (exact) mass is 525 g/mol.